The highest BCUT2D eigenvalue weighted by molar-refractivity contribution is 5.09. The zero-order valence-corrected chi connectivity index (χ0v) is 15.1. The van der Waals surface area contributed by atoms with Gasteiger partial charge >= 0.3 is 0 Å². The van der Waals surface area contributed by atoms with E-state index in [1.54, 1.807) is 0 Å². The summed E-state index contributed by atoms with van der Waals surface area (Å²) in [5, 5.41) is 0. The molecule has 0 aromatic heterocycles. The van der Waals surface area contributed by atoms with Crippen molar-refractivity contribution in [1.29, 1.82) is 0 Å². The van der Waals surface area contributed by atoms with Crippen LogP contribution in [-0.4, -0.2) is 47.1 Å². The first-order valence-electron chi connectivity index (χ1n) is 10.1. The first kappa shape index (κ1) is 15.4. The highest BCUT2D eigenvalue weighted by Gasteiger charge is 2.54. The molecular formula is C20H36N2. The van der Waals surface area contributed by atoms with Gasteiger partial charge in [0.05, 0.1) is 0 Å². The minimum atomic E-state index is 0.607. The Morgan fingerprint density at radius 2 is 1.77 bits per heavy atom. The van der Waals surface area contributed by atoms with Crippen molar-refractivity contribution in [2.24, 2.45) is 11.3 Å². The second kappa shape index (κ2) is 5.48. The third-order valence-corrected chi connectivity index (χ3v) is 8.02. The maximum atomic E-state index is 2.87. The molecule has 0 N–H and O–H groups in total. The Labute approximate surface area is 137 Å². The van der Waals surface area contributed by atoms with Crippen LogP contribution in [0.2, 0.25) is 0 Å². The van der Waals surface area contributed by atoms with Crippen molar-refractivity contribution in [3.05, 3.63) is 0 Å². The van der Waals surface area contributed by atoms with E-state index in [2.05, 4.69) is 30.6 Å². The molecule has 0 amide bonds. The molecule has 2 saturated heterocycles. The molecule has 22 heavy (non-hydrogen) atoms. The van der Waals surface area contributed by atoms with Crippen LogP contribution in [0.4, 0.5) is 0 Å². The van der Waals surface area contributed by atoms with Crippen molar-refractivity contribution in [1.82, 2.24) is 9.80 Å². The van der Waals surface area contributed by atoms with Crippen LogP contribution in [0.15, 0.2) is 0 Å². The summed E-state index contributed by atoms with van der Waals surface area (Å²) in [6.45, 7) is 11.5. The molecule has 0 aromatic carbocycles. The Morgan fingerprint density at radius 1 is 0.955 bits per heavy atom. The van der Waals surface area contributed by atoms with Crippen molar-refractivity contribution < 1.29 is 0 Å². The highest BCUT2D eigenvalue weighted by atomic mass is 15.3. The zero-order valence-electron chi connectivity index (χ0n) is 15.1. The fourth-order valence-corrected chi connectivity index (χ4v) is 6.41. The predicted octanol–water partition coefficient (Wildman–Crippen LogP) is 4.29. The van der Waals surface area contributed by atoms with Crippen LogP contribution in [0, 0.1) is 11.3 Å². The summed E-state index contributed by atoms with van der Waals surface area (Å²) < 4.78 is 0. The molecule has 4 fully saturated rings. The minimum absolute atomic E-state index is 0.607. The van der Waals surface area contributed by atoms with Gasteiger partial charge < -0.3 is 4.90 Å². The van der Waals surface area contributed by atoms with Crippen molar-refractivity contribution in [2.45, 2.75) is 96.2 Å². The second-order valence-electron chi connectivity index (χ2n) is 9.39. The molecular weight excluding hydrogens is 268 g/mol. The number of rotatable bonds is 4. The third kappa shape index (κ3) is 2.28. The van der Waals surface area contributed by atoms with Gasteiger partial charge in [-0.1, -0.05) is 6.42 Å². The Hall–Kier alpha value is -0.0800. The van der Waals surface area contributed by atoms with Gasteiger partial charge in [-0.2, -0.15) is 0 Å². The van der Waals surface area contributed by atoms with Crippen LogP contribution < -0.4 is 0 Å². The molecule has 2 aliphatic heterocycles. The maximum Gasteiger partial charge on any atom is 0.0241 e. The molecule has 0 aromatic rings. The quantitative estimate of drug-likeness (QED) is 0.764. The van der Waals surface area contributed by atoms with E-state index in [1.165, 1.54) is 77.4 Å². The van der Waals surface area contributed by atoms with E-state index in [-0.39, 0.29) is 0 Å². The van der Waals surface area contributed by atoms with E-state index < -0.39 is 0 Å². The van der Waals surface area contributed by atoms with Gasteiger partial charge in [-0.3, -0.25) is 4.90 Å². The van der Waals surface area contributed by atoms with Crippen LogP contribution >= 0.6 is 0 Å². The summed E-state index contributed by atoms with van der Waals surface area (Å²) in [6.07, 6.45) is 13.4. The van der Waals surface area contributed by atoms with Gasteiger partial charge in [0.25, 0.3) is 0 Å². The van der Waals surface area contributed by atoms with E-state index in [9.17, 15) is 0 Å². The van der Waals surface area contributed by atoms with Crippen molar-refractivity contribution in [3.63, 3.8) is 0 Å². The molecule has 2 nitrogen and oxygen atoms in total. The van der Waals surface area contributed by atoms with Gasteiger partial charge in [0.1, 0.15) is 0 Å². The van der Waals surface area contributed by atoms with Gasteiger partial charge in [0.2, 0.25) is 0 Å². The Morgan fingerprint density at radius 3 is 2.32 bits per heavy atom. The average Bonchev–Trinajstić information content (AvgIpc) is 3.07. The van der Waals surface area contributed by atoms with E-state index in [4.69, 9.17) is 0 Å². The number of likely N-dealkylation sites (tertiary alicyclic amines) is 2. The lowest BCUT2D eigenvalue weighted by Crippen LogP contribution is -2.59. The van der Waals surface area contributed by atoms with E-state index in [1.807, 2.05) is 0 Å². The molecule has 4 rings (SSSR count). The Kier molecular flexibility index (Phi) is 3.85. The molecule has 2 saturated carbocycles. The molecule has 126 valence electrons. The summed E-state index contributed by atoms with van der Waals surface area (Å²) in [5.41, 5.74) is 1.37. The summed E-state index contributed by atoms with van der Waals surface area (Å²) in [7, 11) is 0. The minimum Gasteiger partial charge on any atom is -0.300 e. The molecule has 3 atom stereocenters. The molecule has 0 bridgehead atoms. The second-order valence-corrected chi connectivity index (χ2v) is 9.39. The van der Waals surface area contributed by atoms with E-state index in [0.29, 0.717) is 5.54 Å². The summed E-state index contributed by atoms with van der Waals surface area (Å²) in [4.78, 5) is 5.71. The summed E-state index contributed by atoms with van der Waals surface area (Å²) in [5.74, 6) is 0.977. The van der Waals surface area contributed by atoms with Crippen LogP contribution in [-0.2, 0) is 0 Å². The van der Waals surface area contributed by atoms with Gasteiger partial charge in [0.15, 0.2) is 0 Å². The normalized spacial score (nSPS) is 39.5. The SMILES string of the molecule is CC(CC1CCC12CCCN2C(C)C)N1CCC2(CCC2)C1. The topological polar surface area (TPSA) is 6.48 Å². The fourth-order valence-electron chi connectivity index (χ4n) is 6.41. The lowest BCUT2D eigenvalue weighted by atomic mass is 9.62. The van der Waals surface area contributed by atoms with Gasteiger partial charge in [-0.05, 0) is 96.6 Å². The lowest BCUT2D eigenvalue weighted by Gasteiger charge is -2.55. The van der Waals surface area contributed by atoms with Crippen LogP contribution in [0.5, 0.6) is 0 Å². The standard InChI is InChI=1S/C20H36N2/c1-16(2)22-12-5-9-20(22)10-6-18(20)14-17(3)21-13-11-19(15-21)7-4-8-19/h16-18H,4-15H2,1-3H3. The number of hydrogen-bond acceptors (Lipinski definition) is 2. The fraction of sp³-hybridized carbons (Fsp3) is 1.00. The van der Waals surface area contributed by atoms with Crippen molar-refractivity contribution >= 4 is 0 Å². The van der Waals surface area contributed by atoms with Gasteiger partial charge in [0, 0.05) is 24.2 Å². The van der Waals surface area contributed by atoms with E-state index >= 15 is 0 Å². The summed E-state index contributed by atoms with van der Waals surface area (Å²) in [6, 6.07) is 1.56. The molecule has 3 unspecified atom stereocenters. The Balaban J connectivity index is 1.37. The zero-order chi connectivity index (χ0) is 15.4. The van der Waals surface area contributed by atoms with Gasteiger partial charge in [-0.25, -0.2) is 0 Å². The van der Waals surface area contributed by atoms with E-state index in [0.717, 1.165) is 23.4 Å². The highest BCUT2D eigenvalue weighted by Crippen LogP contribution is 2.54. The third-order valence-electron chi connectivity index (χ3n) is 8.02. The van der Waals surface area contributed by atoms with Crippen LogP contribution in [0.25, 0.3) is 0 Å². The molecule has 2 aliphatic carbocycles. The molecule has 2 spiro atoms. The first-order valence-corrected chi connectivity index (χ1v) is 10.1. The predicted molar refractivity (Wildman–Crippen MR) is 93.1 cm³/mol. The summed E-state index contributed by atoms with van der Waals surface area (Å²) >= 11 is 0. The maximum absolute atomic E-state index is 2.87. The smallest absolute Gasteiger partial charge is 0.0241 e. The van der Waals surface area contributed by atoms with Crippen molar-refractivity contribution in [2.75, 3.05) is 19.6 Å². The van der Waals surface area contributed by atoms with Crippen molar-refractivity contribution in [3.8, 4) is 0 Å². The molecule has 4 aliphatic rings. The number of nitrogens with zero attached hydrogens (tertiary/aromatic N) is 2. The molecule has 2 heterocycles. The molecule has 2 heteroatoms. The molecule has 0 radical (unpaired) electrons. The van der Waals surface area contributed by atoms with Crippen LogP contribution in [0.1, 0.15) is 78.6 Å². The van der Waals surface area contributed by atoms with Gasteiger partial charge in [-0.15, -0.1) is 0 Å². The average molecular weight is 305 g/mol. The van der Waals surface area contributed by atoms with Crippen LogP contribution in [0.3, 0.4) is 0 Å². The largest absolute Gasteiger partial charge is 0.300 e. The Bertz CT molecular complexity index is 414. The monoisotopic (exact) mass is 304 g/mol. The lowest BCUT2D eigenvalue weighted by molar-refractivity contribution is -0.0451. The first-order chi connectivity index (χ1) is 10.5. The number of hydrogen-bond donors (Lipinski definition) is 0.